The molecule has 48 heavy (non-hydrogen) atoms. The largest absolute Gasteiger partial charge is 0.489 e. The number of nitrogens with zero attached hydrogens (tertiary/aromatic N) is 2. The standard InChI is InChI=1S/C40H45N3O5/c1-25-15-17-28(18-16-25)24-46-31-21-19-29(20-22-31)36-32(23-43(42-36)30-13-11-10-12-14-30)35-33(37(44)47-39(4,5)6)26(2)41-27(3)34(35)38(45)48-40(7,8)9/h10-23,35,41H,24H2,1-9H3. The first-order valence-electron chi connectivity index (χ1n) is 16.2. The van der Waals surface area contributed by atoms with E-state index in [-0.39, 0.29) is 0 Å². The minimum absolute atomic E-state index is 0.322. The molecule has 1 aromatic heterocycles. The number of dihydropyridines is 1. The molecule has 250 valence electrons. The van der Waals surface area contributed by atoms with Crippen LogP contribution >= 0.6 is 0 Å². The lowest BCUT2D eigenvalue weighted by molar-refractivity contribution is -0.150. The molecule has 3 aromatic carbocycles. The van der Waals surface area contributed by atoms with Crippen molar-refractivity contribution in [1.29, 1.82) is 0 Å². The molecule has 1 aliphatic rings. The van der Waals surface area contributed by atoms with Gasteiger partial charge < -0.3 is 19.5 Å². The van der Waals surface area contributed by atoms with Gasteiger partial charge in [-0.05, 0) is 104 Å². The highest BCUT2D eigenvalue weighted by Crippen LogP contribution is 2.44. The summed E-state index contributed by atoms with van der Waals surface area (Å²) in [4.78, 5) is 28.0. The Balaban J connectivity index is 1.64. The molecule has 0 spiro atoms. The predicted molar refractivity (Wildman–Crippen MR) is 187 cm³/mol. The highest BCUT2D eigenvalue weighted by atomic mass is 16.6. The summed E-state index contributed by atoms with van der Waals surface area (Å²) in [7, 11) is 0. The van der Waals surface area contributed by atoms with Gasteiger partial charge in [-0.1, -0.05) is 48.0 Å². The molecule has 0 amide bonds. The average molecular weight is 648 g/mol. The molecule has 4 aromatic rings. The zero-order valence-electron chi connectivity index (χ0n) is 29.3. The smallest absolute Gasteiger partial charge is 0.337 e. The number of allylic oxidation sites excluding steroid dienone is 2. The van der Waals surface area contributed by atoms with Gasteiger partial charge in [0, 0.05) is 28.7 Å². The molecule has 1 aliphatic heterocycles. The molecule has 0 aliphatic carbocycles. The summed E-state index contributed by atoms with van der Waals surface area (Å²) in [6.45, 7) is 17.1. The maximum absolute atomic E-state index is 14.0. The molecule has 5 rings (SSSR count). The maximum Gasteiger partial charge on any atom is 0.337 e. The predicted octanol–water partition coefficient (Wildman–Crippen LogP) is 8.34. The molecule has 0 bridgehead atoms. The van der Waals surface area contributed by atoms with Crippen LogP contribution in [0, 0.1) is 6.92 Å². The summed E-state index contributed by atoms with van der Waals surface area (Å²) in [5.74, 6) is -1.17. The van der Waals surface area contributed by atoms with Crippen molar-refractivity contribution in [3.63, 3.8) is 0 Å². The fraction of sp³-hybridized carbons (Fsp3) is 0.325. The van der Waals surface area contributed by atoms with Crippen molar-refractivity contribution in [3.8, 4) is 22.7 Å². The first-order valence-corrected chi connectivity index (χ1v) is 16.2. The second-order valence-electron chi connectivity index (χ2n) is 14.2. The average Bonchev–Trinajstić information content (AvgIpc) is 3.44. The Morgan fingerprint density at radius 1 is 0.750 bits per heavy atom. The highest BCUT2D eigenvalue weighted by Gasteiger charge is 2.42. The molecule has 0 unspecified atom stereocenters. The summed E-state index contributed by atoms with van der Waals surface area (Å²) >= 11 is 0. The van der Waals surface area contributed by atoms with Crippen LogP contribution in [-0.2, 0) is 25.7 Å². The third kappa shape index (κ3) is 8.05. The molecule has 0 saturated heterocycles. The van der Waals surface area contributed by atoms with Gasteiger partial charge in [0.2, 0.25) is 0 Å². The zero-order valence-corrected chi connectivity index (χ0v) is 29.3. The minimum Gasteiger partial charge on any atom is -0.489 e. The lowest BCUT2D eigenvalue weighted by Gasteiger charge is -2.33. The number of aromatic nitrogens is 2. The molecule has 0 saturated carbocycles. The SMILES string of the molecule is CC1=C(C(=O)OC(C)(C)C)C(c2cn(-c3ccccc3)nc2-c2ccc(OCc3ccc(C)cc3)cc2)C(C(=O)OC(C)(C)C)=C(C)N1. The first kappa shape index (κ1) is 34.2. The number of benzene rings is 3. The third-order valence-corrected chi connectivity index (χ3v) is 7.73. The van der Waals surface area contributed by atoms with E-state index in [9.17, 15) is 9.59 Å². The van der Waals surface area contributed by atoms with Crippen molar-refractivity contribution in [2.24, 2.45) is 0 Å². The highest BCUT2D eigenvalue weighted by molar-refractivity contribution is 6.00. The molecular weight excluding hydrogens is 602 g/mol. The first-order chi connectivity index (χ1) is 22.6. The minimum atomic E-state index is -0.833. The van der Waals surface area contributed by atoms with E-state index in [2.05, 4.69) is 36.5 Å². The van der Waals surface area contributed by atoms with Crippen LogP contribution in [0.1, 0.15) is 78.0 Å². The van der Waals surface area contributed by atoms with Gasteiger partial charge in [0.25, 0.3) is 0 Å². The quantitative estimate of drug-likeness (QED) is 0.192. The number of para-hydroxylation sites is 1. The molecule has 1 N–H and O–H groups in total. The number of esters is 2. The van der Waals surface area contributed by atoms with E-state index in [0.29, 0.717) is 46.2 Å². The van der Waals surface area contributed by atoms with E-state index in [4.69, 9.17) is 19.3 Å². The van der Waals surface area contributed by atoms with Gasteiger partial charge in [-0.25, -0.2) is 14.3 Å². The van der Waals surface area contributed by atoms with E-state index in [0.717, 1.165) is 16.8 Å². The number of hydrogen-bond acceptors (Lipinski definition) is 7. The maximum atomic E-state index is 14.0. The summed E-state index contributed by atoms with van der Waals surface area (Å²) < 4.78 is 19.7. The summed E-state index contributed by atoms with van der Waals surface area (Å²) in [6.07, 6.45) is 1.89. The normalized spacial score (nSPS) is 14.1. The van der Waals surface area contributed by atoms with Crippen LogP contribution in [0.5, 0.6) is 5.75 Å². The number of rotatable bonds is 8. The van der Waals surface area contributed by atoms with E-state index in [1.165, 1.54) is 5.56 Å². The van der Waals surface area contributed by atoms with Crippen LogP contribution in [0.2, 0.25) is 0 Å². The van der Waals surface area contributed by atoms with Crippen molar-refractivity contribution in [3.05, 3.63) is 124 Å². The number of nitrogens with one attached hydrogen (secondary N) is 1. The summed E-state index contributed by atoms with van der Waals surface area (Å²) in [5, 5.41) is 8.31. The van der Waals surface area contributed by atoms with Gasteiger partial charge in [-0.2, -0.15) is 5.10 Å². The van der Waals surface area contributed by atoms with Crippen molar-refractivity contribution < 1.29 is 23.8 Å². The van der Waals surface area contributed by atoms with Crippen molar-refractivity contribution in [2.75, 3.05) is 0 Å². The molecular formula is C40H45N3O5. The Kier molecular flexibility index (Phi) is 9.66. The van der Waals surface area contributed by atoms with Crippen LogP contribution in [0.4, 0.5) is 0 Å². The van der Waals surface area contributed by atoms with Crippen LogP contribution in [0.15, 0.2) is 108 Å². The Labute approximate surface area is 283 Å². The van der Waals surface area contributed by atoms with Gasteiger partial charge in [0.1, 0.15) is 23.6 Å². The van der Waals surface area contributed by atoms with Gasteiger partial charge in [-0.15, -0.1) is 0 Å². The van der Waals surface area contributed by atoms with Gasteiger partial charge >= 0.3 is 11.9 Å². The number of hydrogen-bond donors (Lipinski definition) is 1. The number of carbonyl (C=O) groups excluding carboxylic acids is 2. The molecule has 0 radical (unpaired) electrons. The van der Waals surface area contributed by atoms with Gasteiger partial charge in [0.05, 0.1) is 28.4 Å². The van der Waals surface area contributed by atoms with Crippen LogP contribution in [0.3, 0.4) is 0 Å². The summed E-state index contributed by atoms with van der Waals surface area (Å²) in [6, 6.07) is 25.7. The van der Waals surface area contributed by atoms with Gasteiger partial charge in [-0.3, -0.25) is 0 Å². The second kappa shape index (κ2) is 13.6. The van der Waals surface area contributed by atoms with E-state index in [1.807, 2.05) is 116 Å². The lowest BCUT2D eigenvalue weighted by atomic mass is 9.79. The molecule has 2 heterocycles. The van der Waals surface area contributed by atoms with Gasteiger partial charge in [0.15, 0.2) is 0 Å². The Bertz CT molecular complexity index is 1800. The monoisotopic (exact) mass is 647 g/mol. The number of ether oxygens (including phenoxy) is 3. The van der Waals surface area contributed by atoms with Crippen LogP contribution < -0.4 is 10.1 Å². The lowest BCUT2D eigenvalue weighted by Crippen LogP contribution is -2.36. The van der Waals surface area contributed by atoms with E-state index in [1.54, 1.807) is 4.68 Å². The Morgan fingerprint density at radius 3 is 1.81 bits per heavy atom. The fourth-order valence-electron chi connectivity index (χ4n) is 5.61. The van der Waals surface area contributed by atoms with E-state index >= 15 is 0 Å². The van der Waals surface area contributed by atoms with Crippen molar-refractivity contribution in [2.45, 2.75) is 86.0 Å². The molecule has 0 atom stereocenters. The fourth-order valence-corrected chi connectivity index (χ4v) is 5.61. The van der Waals surface area contributed by atoms with Crippen LogP contribution in [0.25, 0.3) is 16.9 Å². The van der Waals surface area contributed by atoms with Crippen LogP contribution in [-0.4, -0.2) is 32.9 Å². The second-order valence-corrected chi connectivity index (χ2v) is 14.2. The van der Waals surface area contributed by atoms with Crippen molar-refractivity contribution in [1.82, 2.24) is 15.1 Å². The summed E-state index contributed by atoms with van der Waals surface area (Å²) in [5.41, 5.74) is 5.48. The Hall–Kier alpha value is -5.11. The number of carbonyl (C=O) groups is 2. The third-order valence-electron chi connectivity index (χ3n) is 7.73. The Morgan fingerprint density at radius 2 is 1.29 bits per heavy atom. The molecule has 8 nitrogen and oxygen atoms in total. The molecule has 8 heteroatoms. The van der Waals surface area contributed by atoms with Crippen molar-refractivity contribution >= 4 is 11.9 Å². The zero-order chi connectivity index (χ0) is 34.8. The van der Waals surface area contributed by atoms with E-state index < -0.39 is 29.1 Å². The number of aryl methyl sites for hydroxylation is 1. The molecule has 0 fully saturated rings. The topological polar surface area (TPSA) is 91.7 Å².